The minimum absolute atomic E-state index is 0. The normalized spacial score (nSPS) is 7.08. The first-order chi connectivity index (χ1) is 5.41. The number of hydrogen-bond acceptors (Lipinski definition) is 6. The molecule has 0 heterocycles. The SMILES string of the molecule is CCOC(=O)C(=O)O.[Li+].[O-]B(O)O. The van der Waals surface area contributed by atoms with E-state index in [1.54, 1.807) is 6.92 Å². The van der Waals surface area contributed by atoms with Crippen LogP contribution in [0.2, 0.25) is 0 Å². The summed E-state index contributed by atoms with van der Waals surface area (Å²) in [6.45, 7) is 1.64. The predicted molar refractivity (Wildman–Crippen MR) is 34.5 cm³/mol. The van der Waals surface area contributed by atoms with Gasteiger partial charge in [0.05, 0.1) is 6.61 Å². The summed E-state index contributed by atoms with van der Waals surface area (Å²) in [5.74, 6) is -2.75. The van der Waals surface area contributed by atoms with Crippen LogP contribution in [0, 0.1) is 0 Å². The number of hydrogen-bond donors (Lipinski definition) is 3. The van der Waals surface area contributed by atoms with E-state index in [4.69, 9.17) is 20.2 Å². The van der Waals surface area contributed by atoms with Crippen molar-refractivity contribution < 1.29 is 53.4 Å². The van der Waals surface area contributed by atoms with Crippen molar-refractivity contribution in [1.29, 1.82) is 0 Å². The quantitative estimate of drug-likeness (QED) is 0.211. The molecule has 0 amide bonds. The Morgan fingerprint density at radius 1 is 1.46 bits per heavy atom. The Morgan fingerprint density at radius 3 is 1.85 bits per heavy atom. The van der Waals surface area contributed by atoms with Gasteiger partial charge in [0, 0.05) is 0 Å². The van der Waals surface area contributed by atoms with Crippen molar-refractivity contribution in [3.05, 3.63) is 0 Å². The Kier molecular flexibility index (Phi) is 16.2. The third-order valence-corrected chi connectivity index (χ3v) is 0.450. The molecule has 0 bridgehead atoms. The molecule has 0 saturated heterocycles. The molecule has 0 rings (SSSR count). The summed E-state index contributed by atoms with van der Waals surface area (Å²) in [6, 6.07) is 0. The second-order valence-electron chi connectivity index (χ2n) is 1.35. The molecule has 0 aliphatic carbocycles. The van der Waals surface area contributed by atoms with Crippen LogP contribution in [-0.2, 0) is 14.3 Å². The van der Waals surface area contributed by atoms with E-state index in [1.165, 1.54) is 0 Å². The van der Waals surface area contributed by atoms with Crippen LogP contribution in [0.3, 0.4) is 0 Å². The molecular formula is C4H8BLiO7. The molecule has 13 heavy (non-hydrogen) atoms. The molecule has 70 valence electrons. The molecule has 7 nitrogen and oxygen atoms in total. The zero-order chi connectivity index (χ0) is 10.1. The van der Waals surface area contributed by atoms with Crippen LogP contribution in [0.1, 0.15) is 6.92 Å². The molecule has 0 radical (unpaired) electrons. The van der Waals surface area contributed by atoms with E-state index in [2.05, 4.69) is 4.74 Å². The summed E-state index contributed by atoms with van der Waals surface area (Å²) in [6.07, 6.45) is 0. The van der Waals surface area contributed by atoms with Gasteiger partial charge in [-0.2, -0.15) is 0 Å². The molecule has 0 aromatic carbocycles. The van der Waals surface area contributed by atoms with Gasteiger partial charge in [-0.05, 0) is 6.92 Å². The van der Waals surface area contributed by atoms with E-state index in [1.807, 2.05) is 0 Å². The minimum atomic E-state index is -2.42. The van der Waals surface area contributed by atoms with E-state index in [9.17, 15) is 9.59 Å². The average molecular weight is 186 g/mol. The van der Waals surface area contributed by atoms with E-state index in [-0.39, 0.29) is 25.5 Å². The second kappa shape index (κ2) is 11.5. The third kappa shape index (κ3) is 24.6. The fraction of sp³-hybridized carbons (Fsp3) is 0.500. The third-order valence-electron chi connectivity index (χ3n) is 0.450. The summed E-state index contributed by atoms with van der Waals surface area (Å²) in [7, 11) is -2.42. The molecule has 3 N–H and O–H groups in total. The standard InChI is InChI=1S/C4H6O4.BH2O3.Li/c1-2-8-4(7)3(5)6;2-1(3)4;/h2H2,1H3,(H,5,6);2-3H;/q;-1;+1. The van der Waals surface area contributed by atoms with Gasteiger partial charge in [0.2, 0.25) is 0 Å². The fourth-order valence-corrected chi connectivity index (χ4v) is 0.193. The maximum Gasteiger partial charge on any atom is 1.00 e. The van der Waals surface area contributed by atoms with Crippen molar-refractivity contribution in [3.8, 4) is 0 Å². The molecule has 0 aromatic heterocycles. The van der Waals surface area contributed by atoms with Crippen molar-refractivity contribution in [1.82, 2.24) is 0 Å². The molecular weight excluding hydrogens is 178 g/mol. The van der Waals surface area contributed by atoms with Crippen LogP contribution in [0.15, 0.2) is 0 Å². The topological polar surface area (TPSA) is 127 Å². The number of carbonyl (C=O) groups excluding carboxylic acids is 1. The van der Waals surface area contributed by atoms with Crippen LogP contribution < -0.4 is 23.9 Å². The molecule has 0 spiro atoms. The van der Waals surface area contributed by atoms with E-state index in [0.29, 0.717) is 0 Å². The number of carboxylic acids is 1. The van der Waals surface area contributed by atoms with Gasteiger partial charge in [-0.3, -0.25) is 0 Å². The van der Waals surface area contributed by atoms with Crippen molar-refractivity contribution in [3.63, 3.8) is 0 Å². The zero-order valence-corrected chi connectivity index (χ0v) is 7.26. The van der Waals surface area contributed by atoms with Crippen molar-refractivity contribution in [2.75, 3.05) is 6.61 Å². The van der Waals surface area contributed by atoms with Gasteiger partial charge in [0.1, 0.15) is 0 Å². The summed E-state index contributed by atoms with van der Waals surface area (Å²) >= 11 is 0. The van der Waals surface area contributed by atoms with Gasteiger partial charge in [-0.15, -0.1) is 0 Å². The molecule has 0 unspecified atom stereocenters. The van der Waals surface area contributed by atoms with Crippen LogP contribution in [0.4, 0.5) is 0 Å². The smallest absolute Gasteiger partial charge is 0.832 e. The second-order valence-corrected chi connectivity index (χ2v) is 1.35. The maximum absolute atomic E-state index is 9.92. The van der Waals surface area contributed by atoms with Crippen LogP contribution in [0.25, 0.3) is 0 Å². The van der Waals surface area contributed by atoms with Crippen LogP contribution >= 0.6 is 0 Å². The molecule has 9 heteroatoms. The van der Waals surface area contributed by atoms with E-state index in [0.717, 1.165) is 0 Å². The summed E-state index contributed by atoms with van der Waals surface area (Å²) in [5, 5.41) is 30.6. The van der Waals surface area contributed by atoms with Gasteiger partial charge < -0.3 is 24.9 Å². The predicted octanol–water partition coefficient (Wildman–Crippen LogP) is -6.05. The average Bonchev–Trinajstić information content (AvgIpc) is 1.86. The Morgan fingerprint density at radius 2 is 1.77 bits per heavy atom. The van der Waals surface area contributed by atoms with Crippen molar-refractivity contribution in [2.45, 2.75) is 6.92 Å². The van der Waals surface area contributed by atoms with Gasteiger partial charge in [-0.1, -0.05) is 0 Å². The molecule has 0 aromatic rings. The Balaban J connectivity index is -0.000000173. The van der Waals surface area contributed by atoms with Gasteiger partial charge in [0.25, 0.3) is 0 Å². The molecule has 0 aliphatic rings. The summed E-state index contributed by atoms with van der Waals surface area (Å²) < 4.78 is 4.06. The van der Waals surface area contributed by atoms with Gasteiger partial charge in [-0.25, -0.2) is 9.59 Å². The molecule has 0 aliphatic heterocycles. The molecule has 0 fully saturated rings. The Labute approximate surface area is 86.7 Å². The molecule has 0 saturated carbocycles. The number of rotatable bonds is 1. The Hall–Kier alpha value is -0.518. The van der Waals surface area contributed by atoms with Gasteiger partial charge in [0.15, 0.2) is 0 Å². The maximum atomic E-state index is 9.92. The number of esters is 1. The first kappa shape index (κ1) is 18.3. The summed E-state index contributed by atoms with van der Waals surface area (Å²) in [4.78, 5) is 19.5. The van der Waals surface area contributed by atoms with Crippen LogP contribution in [0.5, 0.6) is 0 Å². The number of carbonyl (C=O) groups is 2. The van der Waals surface area contributed by atoms with E-state index >= 15 is 0 Å². The Bertz CT molecular complexity index is 147. The van der Waals surface area contributed by atoms with Crippen molar-refractivity contribution in [2.24, 2.45) is 0 Å². The minimum Gasteiger partial charge on any atom is -0.832 e. The zero-order valence-electron chi connectivity index (χ0n) is 7.26. The first-order valence-electron chi connectivity index (χ1n) is 2.83. The van der Waals surface area contributed by atoms with Crippen molar-refractivity contribution >= 4 is 19.3 Å². The number of aliphatic carboxylic acids is 1. The first-order valence-corrected chi connectivity index (χ1v) is 2.83. The van der Waals surface area contributed by atoms with Gasteiger partial charge >= 0.3 is 38.1 Å². The molecule has 0 atom stereocenters. The monoisotopic (exact) mass is 186 g/mol. The van der Waals surface area contributed by atoms with Crippen LogP contribution in [-0.4, -0.2) is 41.0 Å². The van der Waals surface area contributed by atoms with E-state index < -0.39 is 19.3 Å². The largest absolute Gasteiger partial charge is 1.00 e. The number of ether oxygens (including phenoxy) is 1. The number of carboxylic acid groups (broad SMARTS) is 1. The fourth-order valence-electron chi connectivity index (χ4n) is 0.193. The summed E-state index contributed by atoms with van der Waals surface area (Å²) in [5.41, 5.74) is 0.